The van der Waals surface area contributed by atoms with Gasteiger partial charge in [-0.1, -0.05) is 29.5 Å². The number of carbonyl (C=O) groups excluding carboxylic acids is 2. The van der Waals surface area contributed by atoms with E-state index in [2.05, 4.69) is 10.0 Å². The Labute approximate surface area is 203 Å². The van der Waals surface area contributed by atoms with E-state index in [0.29, 0.717) is 25.1 Å². The smallest absolute Gasteiger partial charge is 0.327 e. The minimum atomic E-state index is -3.84. The monoisotopic (exact) mass is 511 g/mol. The van der Waals surface area contributed by atoms with Crippen molar-refractivity contribution in [3.8, 4) is 0 Å². The van der Waals surface area contributed by atoms with Crippen molar-refractivity contribution in [3.63, 3.8) is 0 Å². The van der Waals surface area contributed by atoms with Crippen molar-refractivity contribution in [2.45, 2.75) is 58.0 Å². The molecule has 2 aliphatic heterocycles. The number of nitrogens with one attached hydrogen (secondary N) is 2. The van der Waals surface area contributed by atoms with Gasteiger partial charge in [0.2, 0.25) is 10.0 Å². The van der Waals surface area contributed by atoms with Crippen LogP contribution in [0, 0.1) is 6.92 Å². The molecule has 2 heterocycles. The number of carbonyl (C=O) groups is 2. The van der Waals surface area contributed by atoms with Gasteiger partial charge in [0, 0.05) is 17.0 Å². The first-order valence-electron chi connectivity index (χ1n) is 10.7. The normalized spacial score (nSPS) is 18.5. The van der Waals surface area contributed by atoms with Gasteiger partial charge in [0.1, 0.15) is 6.17 Å². The fourth-order valence-corrected chi connectivity index (χ4v) is 7.05. The zero-order valence-electron chi connectivity index (χ0n) is 19.1. The zero-order chi connectivity index (χ0) is 24.2. The average Bonchev–Trinajstić information content (AvgIpc) is 3.07. The Hall–Kier alpha value is -1.95. The lowest BCUT2D eigenvalue weighted by atomic mass is 10.2. The third kappa shape index (κ3) is 6.14. The number of urea groups is 1. The number of thioether (sulfide) groups is 2. The molecule has 2 N–H and O–H groups in total. The van der Waals surface area contributed by atoms with E-state index in [1.807, 2.05) is 20.8 Å². The Morgan fingerprint density at radius 3 is 2.58 bits per heavy atom. The van der Waals surface area contributed by atoms with E-state index in [1.165, 1.54) is 11.8 Å². The van der Waals surface area contributed by atoms with Crippen LogP contribution in [0.25, 0.3) is 0 Å². The van der Waals surface area contributed by atoms with Gasteiger partial charge in [-0.3, -0.25) is 9.69 Å². The van der Waals surface area contributed by atoms with Crippen LogP contribution in [-0.2, 0) is 19.6 Å². The molecule has 0 radical (unpaired) electrons. The van der Waals surface area contributed by atoms with Crippen LogP contribution in [0.2, 0.25) is 0 Å². The summed E-state index contributed by atoms with van der Waals surface area (Å²) in [6.07, 6.45) is 0.999. The molecular formula is C22H29N3O5S3. The summed E-state index contributed by atoms with van der Waals surface area (Å²) >= 11 is 3.10. The molecule has 0 bridgehead atoms. The lowest BCUT2D eigenvalue weighted by molar-refractivity contribution is -0.143. The summed E-state index contributed by atoms with van der Waals surface area (Å²) in [7, 11) is -3.84. The number of esters is 1. The number of ether oxygens (including phenoxy) is 1. The second-order valence-corrected chi connectivity index (χ2v) is 12.0. The zero-order valence-corrected chi connectivity index (χ0v) is 21.6. The van der Waals surface area contributed by atoms with Crippen LogP contribution >= 0.6 is 23.5 Å². The number of sulfonamides is 1. The molecule has 0 saturated carbocycles. The van der Waals surface area contributed by atoms with Crippen molar-refractivity contribution in [1.29, 1.82) is 0 Å². The Balaban J connectivity index is 1.76. The number of amides is 2. The third-order valence-corrected chi connectivity index (χ3v) is 9.21. The van der Waals surface area contributed by atoms with E-state index >= 15 is 0 Å². The first-order valence-corrected chi connectivity index (χ1v) is 14.0. The molecule has 0 aromatic heterocycles. The third-order valence-electron chi connectivity index (χ3n) is 5.20. The van der Waals surface area contributed by atoms with Gasteiger partial charge < -0.3 is 10.1 Å². The minimum absolute atomic E-state index is 0.140. The van der Waals surface area contributed by atoms with Crippen molar-refractivity contribution < 1.29 is 22.7 Å². The highest BCUT2D eigenvalue weighted by Crippen LogP contribution is 2.46. The van der Waals surface area contributed by atoms with Crippen LogP contribution in [0.15, 0.2) is 49.7 Å². The molecule has 1 atom stereocenters. The molecule has 1 aromatic carbocycles. The van der Waals surface area contributed by atoms with Crippen LogP contribution in [-0.4, -0.2) is 43.8 Å². The van der Waals surface area contributed by atoms with Gasteiger partial charge in [0.25, 0.3) is 0 Å². The average molecular weight is 512 g/mol. The highest BCUT2D eigenvalue weighted by molar-refractivity contribution is 8.24. The van der Waals surface area contributed by atoms with E-state index in [0.717, 1.165) is 32.6 Å². The number of fused-ring (bicyclic) bond motifs is 1. The van der Waals surface area contributed by atoms with E-state index < -0.39 is 16.2 Å². The lowest BCUT2D eigenvalue weighted by Crippen LogP contribution is -2.43. The highest BCUT2D eigenvalue weighted by atomic mass is 32.2. The quantitative estimate of drug-likeness (QED) is 0.357. The first-order chi connectivity index (χ1) is 15.6. The van der Waals surface area contributed by atoms with Crippen molar-refractivity contribution in [2.24, 2.45) is 0 Å². The van der Waals surface area contributed by atoms with Gasteiger partial charge in [-0.15, -0.1) is 11.8 Å². The summed E-state index contributed by atoms with van der Waals surface area (Å²) in [6.45, 7) is 7.83. The standard InChI is InChI=1S/C22H29N3O5S3/c1-5-30-18(26)8-6-7-13-31-21-19-20(23-22(27)25(19)15(3)16(4)32-21)24-33(28,29)17-11-9-14(2)10-12-17/h9-12,20,24H,5-8,13H2,1-4H3,(H,23,27). The van der Waals surface area contributed by atoms with E-state index in [9.17, 15) is 18.0 Å². The second kappa shape index (κ2) is 11.0. The van der Waals surface area contributed by atoms with Crippen molar-refractivity contribution in [2.75, 3.05) is 12.4 Å². The molecule has 0 spiro atoms. The maximum Gasteiger partial charge on any atom is 0.327 e. The summed E-state index contributed by atoms with van der Waals surface area (Å²) in [5, 5.41) is 2.76. The van der Waals surface area contributed by atoms with E-state index in [1.54, 1.807) is 47.9 Å². The molecule has 1 aromatic rings. The molecule has 180 valence electrons. The maximum atomic E-state index is 13.0. The number of nitrogens with zero attached hydrogens (tertiary/aromatic N) is 1. The molecular weight excluding hydrogens is 482 g/mol. The first kappa shape index (κ1) is 25.7. The van der Waals surface area contributed by atoms with E-state index in [-0.39, 0.29) is 16.9 Å². The predicted molar refractivity (Wildman–Crippen MR) is 132 cm³/mol. The molecule has 0 aliphatic carbocycles. The molecule has 33 heavy (non-hydrogen) atoms. The minimum Gasteiger partial charge on any atom is -0.466 e. The molecule has 11 heteroatoms. The topological polar surface area (TPSA) is 105 Å². The summed E-state index contributed by atoms with van der Waals surface area (Å²) in [4.78, 5) is 26.9. The Kier molecular flexibility index (Phi) is 8.54. The number of hydrogen-bond donors (Lipinski definition) is 2. The highest BCUT2D eigenvalue weighted by Gasteiger charge is 2.42. The molecule has 2 aliphatic rings. The number of unbranched alkanes of at least 4 members (excludes halogenated alkanes) is 1. The van der Waals surface area contributed by atoms with Gasteiger partial charge in [0.05, 0.1) is 21.4 Å². The molecule has 1 saturated heterocycles. The predicted octanol–water partition coefficient (Wildman–Crippen LogP) is 4.26. The second-order valence-electron chi connectivity index (χ2n) is 7.68. The number of rotatable bonds is 10. The largest absolute Gasteiger partial charge is 0.466 e. The fourth-order valence-electron chi connectivity index (χ4n) is 3.36. The van der Waals surface area contributed by atoms with Crippen molar-refractivity contribution in [1.82, 2.24) is 14.9 Å². The Morgan fingerprint density at radius 2 is 1.91 bits per heavy atom. The SMILES string of the molecule is CCOC(=O)CCCCSC1=C2C(NS(=O)(=O)c3ccc(C)cc3)NC(=O)N2C(C)=C(C)S1. The van der Waals surface area contributed by atoms with Gasteiger partial charge in [-0.05, 0) is 58.4 Å². The Bertz CT molecular complexity index is 1080. The van der Waals surface area contributed by atoms with Crippen LogP contribution in [0.5, 0.6) is 0 Å². The Morgan fingerprint density at radius 1 is 1.21 bits per heavy atom. The summed E-state index contributed by atoms with van der Waals surface area (Å²) < 4.78 is 34.4. The summed E-state index contributed by atoms with van der Waals surface area (Å²) in [5.74, 6) is 0.533. The summed E-state index contributed by atoms with van der Waals surface area (Å²) in [6, 6.07) is 6.20. The molecule has 8 nitrogen and oxygen atoms in total. The number of benzene rings is 1. The van der Waals surface area contributed by atoms with E-state index in [4.69, 9.17) is 4.74 Å². The van der Waals surface area contributed by atoms with Crippen LogP contribution in [0.1, 0.15) is 45.6 Å². The van der Waals surface area contributed by atoms with Crippen LogP contribution in [0.3, 0.4) is 0 Å². The van der Waals surface area contributed by atoms with Crippen molar-refractivity contribution in [3.05, 3.63) is 50.4 Å². The lowest BCUT2D eigenvalue weighted by Gasteiger charge is -2.28. The van der Waals surface area contributed by atoms with Crippen molar-refractivity contribution >= 4 is 45.5 Å². The maximum absolute atomic E-state index is 13.0. The number of hydrogen-bond acceptors (Lipinski definition) is 7. The molecule has 3 rings (SSSR count). The molecule has 2 amide bonds. The molecule has 1 unspecified atom stereocenters. The summed E-state index contributed by atoms with van der Waals surface area (Å²) in [5.41, 5.74) is 2.33. The van der Waals surface area contributed by atoms with Gasteiger partial charge >= 0.3 is 12.0 Å². The number of aryl methyl sites for hydroxylation is 1. The van der Waals surface area contributed by atoms with Gasteiger partial charge in [-0.2, -0.15) is 4.72 Å². The number of allylic oxidation sites excluding steroid dienone is 2. The van der Waals surface area contributed by atoms with Gasteiger partial charge in [-0.25, -0.2) is 13.2 Å². The van der Waals surface area contributed by atoms with Crippen LogP contribution in [0.4, 0.5) is 4.79 Å². The fraction of sp³-hybridized carbons (Fsp3) is 0.455. The van der Waals surface area contributed by atoms with Crippen LogP contribution < -0.4 is 10.0 Å². The van der Waals surface area contributed by atoms with Gasteiger partial charge in [0.15, 0.2) is 0 Å². The molecule has 1 fully saturated rings.